The first-order valence-electron chi connectivity index (χ1n) is 5.28. The Balaban J connectivity index is 1.96. The third-order valence-corrected chi connectivity index (χ3v) is 2.87. The molecule has 1 heterocycles. The van der Waals surface area contributed by atoms with E-state index in [0.29, 0.717) is 10.8 Å². The van der Waals surface area contributed by atoms with Gasteiger partial charge in [0.05, 0.1) is 0 Å². The predicted octanol–water partition coefficient (Wildman–Crippen LogP) is 2.08. The zero-order valence-electron chi connectivity index (χ0n) is 9.75. The van der Waals surface area contributed by atoms with Gasteiger partial charge in [0.1, 0.15) is 5.01 Å². The van der Waals surface area contributed by atoms with E-state index < -0.39 is 0 Å². The Hall–Kier alpha value is -2.21. The number of nitrogens with one attached hydrogen (secondary N) is 1. The van der Waals surface area contributed by atoms with Crippen LogP contribution in [0.2, 0.25) is 0 Å². The van der Waals surface area contributed by atoms with Crippen molar-refractivity contribution >= 4 is 34.1 Å². The molecule has 1 amide bonds. The highest BCUT2D eigenvalue weighted by atomic mass is 32.1. The van der Waals surface area contributed by atoms with E-state index in [0.717, 1.165) is 10.6 Å². The number of aromatic nitrogens is 2. The summed E-state index contributed by atoms with van der Waals surface area (Å²) in [7, 11) is 0. The SMILES string of the molecule is Cc1nnc(NC(=O)/C=C/c2ccc(N)cc2)s1. The first kappa shape index (κ1) is 12.3. The molecular weight excluding hydrogens is 248 g/mol. The Morgan fingerprint density at radius 2 is 2.06 bits per heavy atom. The number of hydrogen-bond acceptors (Lipinski definition) is 5. The van der Waals surface area contributed by atoms with Crippen molar-refractivity contribution in [1.82, 2.24) is 10.2 Å². The maximum atomic E-state index is 11.6. The van der Waals surface area contributed by atoms with Crippen LogP contribution in [0.3, 0.4) is 0 Å². The fourth-order valence-corrected chi connectivity index (χ4v) is 1.87. The number of aryl methyl sites for hydroxylation is 1. The lowest BCUT2D eigenvalue weighted by Gasteiger charge is -1.96. The molecule has 18 heavy (non-hydrogen) atoms. The standard InChI is InChI=1S/C12H12N4OS/c1-8-15-16-12(18-8)14-11(17)7-4-9-2-5-10(13)6-3-9/h2-7H,13H2,1H3,(H,14,16,17)/b7-4+. The summed E-state index contributed by atoms with van der Waals surface area (Å²) < 4.78 is 0. The summed E-state index contributed by atoms with van der Waals surface area (Å²) >= 11 is 1.34. The zero-order chi connectivity index (χ0) is 13.0. The summed E-state index contributed by atoms with van der Waals surface area (Å²) in [6.07, 6.45) is 3.16. The molecular formula is C12H12N4OS. The van der Waals surface area contributed by atoms with E-state index >= 15 is 0 Å². The number of carbonyl (C=O) groups is 1. The third-order valence-electron chi connectivity index (χ3n) is 2.12. The van der Waals surface area contributed by atoms with Crippen LogP contribution in [-0.4, -0.2) is 16.1 Å². The lowest BCUT2D eigenvalue weighted by Crippen LogP contribution is -2.07. The minimum Gasteiger partial charge on any atom is -0.399 e. The summed E-state index contributed by atoms with van der Waals surface area (Å²) in [4.78, 5) is 11.6. The predicted molar refractivity (Wildman–Crippen MR) is 73.2 cm³/mol. The van der Waals surface area contributed by atoms with Gasteiger partial charge in [0.25, 0.3) is 0 Å². The molecule has 1 aromatic carbocycles. The molecule has 2 rings (SSSR count). The van der Waals surface area contributed by atoms with E-state index in [2.05, 4.69) is 15.5 Å². The van der Waals surface area contributed by atoms with Gasteiger partial charge in [-0.05, 0) is 30.7 Å². The highest BCUT2D eigenvalue weighted by molar-refractivity contribution is 7.15. The monoisotopic (exact) mass is 260 g/mol. The molecule has 0 aliphatic rings. The van der Waals surface area contributed by atoms with E-state index in [-0.39, 0.29) is 5.91 Å². The maximum Gasteiger partial charge on any atom is 0.250 e. The first-order valence-corrected chi connectivity index (χ1v) is 6.10. The largest absolute Gasteiger partial charge is 0.399 e. The van der Waals surface area contributed by atoms with Crippen molar-refractivity contribution in [2.75, 3.05) is 11.1 Å². The Bertz CT molecular complexity index is 574. The summed E-state index contributed by atoms with van der Waals surface area (Å²) in [5.74, 6) is -0.233. The van der Waals surface area contributed by atoms with Crippen LogP contribution in [0.15, 0.2) is 30.3 Å². The molecule has 0 spiro atoms. The number of anilines is 2. The molecule has 0 radical (unpaired) electrons. The van der Waals surface area contributed by atoms with Gasteiger partial charge in [0.2, 0.25) is 11.0 Å². The van der Waals surface area contributed by atoms with Gasteiger partial charge in [-0.1, -0.05) is 23.5 Å². The molecule has 2 aromatic rings. The molecule has 5 nitrogen and oxygen atoms in total. The van der Waals surface area contributed by atoms with Crippen LogP contribution in [0, 0.1) is 6.92 Å². The molecule has 6 heteroatoms. The van der Waals surface area contributed by atoms with Gasteiger partial charge >= 0.3 is 0 Å². The van der Waals surface area contributed by atoms with Crippen LogP contribution in [0.5, 0.6) is 0 Å². The van der Waals surface area contributed by atoms with Gasteiger partial charge in [-0.2, -0.15) is 0 Å². The van der Waals surface area contributed by atoms with E-state index in [4.69, 9.17) is 5.73 Å². The topological polar surface area (TPSA) is 80.9 Å². The molecule has 3 N–H and O–H groups in total. The third kappa shape index (κ3) is 3.39. The van der Waals surface area contributed by atoms with E-state index in [1.165, 1.54) is 17.4 Å². The number of benzene rings is 1. The number of carbonyl (C=O) groups excluding carboxylic acids is 1. The van der Waals surface area contributed by atoms with Crippen LogP contribution in [0.25, 0.3) is 6.08 Å². The van der Waals surface area contributed by atoms with Crippen LogP contribution in [0.1, 0.15) is 10.6 Å². The van der Waals surface area contributed by atoms with Gasteiger partial charge in [0, 0.05) is 11.8 Å². The molecule has 0 saturated carbocycles. The number of hydrogen-bond donors (Lipinski definition) is 2. The second-order valence-corrected chi connectivity index (χ2v) is 4.80. The average Bonchev–Trinajstić information content (AvgIpc) is 2.74. The minimum absolute atomic E-state index is 0.233. The van der Waals surface area contributed by atoms with Crippen molar-refractivity contribution in [3.05, 3.63) is 40.9 Å². The minimum atomic E-state index is -0.233. The highest BCUT2D eigenvalue weighted by Gasteiger charge is 2.02. The van der Waals surface area contributed by atoms with Crippen molar-refractivity contribution < 1.29 is 4.79 Å². The Kier molecular flexibility index (Phi) is 3.69. The van der Waals surface area contributed by atoms with Crippen LogP contribution in [-0.2, 0) is 4.79 Å². The number of amides is 1. The van der Waals surface area contributed by atoms with E-state index in [1.54, 1.807) is 18.2 Å². The normalized spacial score (nSPS) is 10.7. The second kappa shape index (κ2) is 5.42. The lowest BCUT2D eigenvalue weighted by atomic mass is 10.2. The van der Waals surface area contributed by atoms with Crippen molar-refractivity contribution in [2.45, 2.75) is 6.92 Å². The quantitative estimate of drug-likeness (QED) is 0.654. The molecule has 0 unspecified atom stereocenters. The number of nitrogens with two attached hydrogens (primary N) is 1. The average molecular weight is 260 g/mol. The molecule has 0 fully saturated rings. The molecule has 0 aliphatic heterocycles. The zero-order valence-corrected chi connectivity index (χ0v) is 10.6. The summed E-state index contributed by atoms with van der Waals surface area (Å²) in [5.41, 5.74) is 7.18. The number of nitrogen functional groups attached to an aromatic ring is 1. The van der Waals surface area contributed by atoms with Crippen molar-refractivity contribution in [1.29, 1.82) is 0 Å². The first-order chi connectivity index (χ1) is 8.63. The van der Waals surface area contributed by atoms with Gasteiger partial charge in [-0.15, -0.1) is 10.2 Å². The molecule has 1 aromatic heterocycles. The summed E-state index contributed by atoms with van der Waals surface area (Å²) in [6.45, 7) is 1.83. The Morgan fingerprint density at radius 1 is 1.33 bits per heavy atom. The van der Waals surface area contributed by atoms with E-state index in [9.17, 15) is 4.79 Å². The maximum absolute atomic E-state index is 11.6. The van der Waals surface area contributed by atoms with Crippen molar-refractivity contribution in [3.63, 3.8) is 0 Å². The lowest BCUT2D eigenvalue weighted by molar-refractivity contribution is -0.111. The number of rotatable bonds is 3. The van der Waals surface area contributed by atoms with Gasteiger partial charge < -0.3 is 5.73 Å². The smallest absolute Gasteiger partial charge is 0.250 e. The van der Waals surface area contributed by atoms with Gasteiger partial charge in [-0.3, -0.25) is 10.1 Å². The van der Waals surface area contributed by atoms with Crippen molar-refractivity contribution in [2.24, 2.45) is 0 Å². The van der Waals surface area contributed by atoms with Crippen LogP contribution in [0.4, 0.5) is 10.8 Å². The molecule has 0 atom stereocenters. The Morgan fingerprint density at radius 3 is 2.67 bits per heavy atom. The molecule has 0 bridgehead atoms. The summed E-state index contributed by atoms with van der Waals surface area (Å²) in [5, 5.41) is 11.6. The fourth-order valence-electron chi connectivity index (χ4n) is 1.27. The van der Waals surface area contributed by atoms with E-state index in [1.807, 2.05) is 19.1 Å². The van der Waals surface area contributed by atoms with Crippen LogP contribution < -0.4 is 11.1 Å². The molecule has 92 valence electrons. The van der Waals surface area contributed by atoms with Gasteiger partial charge in [-0.25, -0.2) is 0 Å². The Labute approximate surface area is 108 Å². The number of nitrogens with zero attached hydrogens (tertiary/aromatic N) is 2. The highest BCUT2D eigenvalue weighted by Crippen LogP contribution is 2.13. The molecule has 0 saturated heterocycles. The van der Waals surface area contributed by atoms with Crippen molar-refractivity contribution in [3.8, 4) is 0 Å². The molecule has 0 aliphatic carbocycles. The van der Waals surface area contributed by atoms with Gasteiger partial charge in [0.15, 0.2) is 0 Å². The summed E-state index contributed by atoms with van der Waals surface area (Å²) in [6, 6.07) is 7.25. The fraction of sp³-hybridized carbons (Fsp3) is 0.0833. The van der Waals surface area contributed by atoms with Crippen LogP contribution >= 0.6 is 11.3 Å². The second-order valence-electron chi connectivity index (χ2n) is 3.62.